The summed E-state index contributed by atoms with van der Waals surface area (Å²) in [5.41, 5.74) is 2.63. The van der Waals surface area contributed by atoms with Crippen LogP contribution in [-0.2, 0) is 16.0 Å². The Morgan fingerprint density at radius 1 is 1.04 bits per heavy atom. The van der Waals surface area contributed by atoms with E-state index in [-0.39, 0.29) is 24.8 Å². The lowest BCUT2D eigenvalue weighted by Crippen LogP contribution is -2.34. The van der Waals surface area contributed by atoms with E-state index in [2.05, 4.69) is 15.6 Å². The van der Waals surface area contributed by atoms with Gasteiger partial charge in [0.1, 0.15) is 6.04 Å². The third-order valence-corrected chi connectivity index (χ3v) is 4.83. The lowest BCUT2D eigenvalue weighted by Gasteiger charge is -2.13. The molecule has 1 aliphatic rings. The number of amides is 4. The fourth-order valence-corrected chi connectivity index (χ4v) is 3.39. The van der Waals surface area contributed by atoms with E-state index >= 15 is 0 Å². The van der Waals surface area contributed by atoms with Crippen LogP contribution in [0.3, 0.4) is 0 Å². The summed E-state index contributed by atoms with van der Waals surface area (Å²) in [5, 5.41) is 6.33. The molecule has 0 aliphatic carbocycles. The smallest absolute Gasteiger partial charge is 0.324 e. The molecule has 2 heterocycles. The van der Waals surface area contributed by atoms with Crippen molar-refractivity contribution in [3.63, 3.8) is 0 Å². The van der Waals surface area contributed by atoms with Crippen LogP contribution >= 0.6 is 0 Å². The van der Waals surface area contributed by atoms with Crippen LogP contribution in [0.25, 0.3) is 10.9 Å². The van der Waals surface area contributed by atoms with Crippen molar-refractivity contribution in [1.82, 2.24) is 15.2 Å². The predicted molar refractivity (Wildman–Crippen MR) is 106 cm³/mol. The fraction of sp³-hybridized carbons (Fsp3) is 0.190. The molecule has 4 amide bonds. The van der Waals surface area contributed by atoms with Gasteiger partial charge in [-0.25, -0.2) is 4.79 Å². The lowest BCUT2D eigenvalue weighted by molar-refractivity contribution is -0.129. The summed E-state index contributed by atoms with van der Waals surface area (Å²) in [7, 11) is 0. The molecular formula is C21H20N4O3. The van der Waals surface area contributed by atoms with Gasteiger partial charge in [-0.15, -0.1) is 0 Å². The minimum atomic E-state index is -0.839. The number of rotatable bonds is 6. The number of nitrogens with zero attached hydrogens (tertiary/aromatic N) is 1. The van der Waals surface area contributed by atoms with Crippen LogP contribution in [0.5, 0.6) is 0 Å². The van der Waals surface area contributed by atoms with Gasteiger partial charge >= 0.3 is 6.03 Å². The standard InChI is InChI=1S/C21H20N4O3/c26-19(23-17-8-4-7-16-15(17)9-11-22-16)13-18-20(27)25(21(28)24-18)12-10-14-5-2-1-3-6-14/h1-9,11,18,22H,10,12-13H2,(H,23,26)(H,24,28)/t18-/m1/s1. The minimum Gasteiger partial charge on any atom is -0.361 e. The van der Waals surface area contributed by atoms with Crippen LogP contribution in [0.15, 0.2) is 60.8 Å². The Morgan fingerprint density at radius 3 is 2.68 bits per heavy atom. The summed E-state index contributed by atoms with van der Waals surface area (Å²) >= 11 is 0. The van der Waals surface area contributed by atoms with E-state index in [4.69, 9.17) is 0 Å². The number of aromatic amines is 1. The van der Waals surface area contributed by atoms with Crippen LogP contribution in [0.2, 0.25) is 0 Å². The molecule has 1 saturated heterocycles. The van der Waals surface area contributed by atoms with Gasteiger partial charge in [-0.2, -0.15) is 0 Å². The van der Waals surface area contributed by atoms with Crippen molar-refractivity contribution in [3.8, 4) is 0 Å². The molecule has 1 atom stereocenters. The number of benzene rings is 2. The maximum Gasteiger partial charge on any atom is 0.324 e. The number of fused-ring (bicyclic) bond motifs is 1. The monoisotopic (exact) mass is 376 g/mol. The number of urea groups is 1. The van der Waals surface area contributed by atoms with Gasteiger partial charge in [0, 0.05) is 23.6 Å². The Morgan fingerprint density at radius 2 is 1.86 bits per heavy atom. The third-order valence-electron chi connectivity index (χ3n) is 4.83. The molecule has 28 heavy (non-hydrogen) atoms. The highest BCUT2D eigenvalue weighted by atomic mass is 16.2. The van der Waals surface area contributed by atoms with E-state index in [1.807, 2.05) is 48.5 Å². The van der Waals surface area contributed by atoms with Crippen LogP contribution in [-0.4, -0.2) is 40.3 Å². The van der Waals surface area contributed by atoms with E-state index in [0.29, 0.717) is 12.1 Å². The zero-order valence-electron chi connectivity index (χ0n) is 15.1. The Bertz CT molecular complexity index is 1030. The molecule has 3 N–H and O–H groups in total. The second-order valence-electron chi connectivity index (χ2n) is 6.72. The topological polar surface area (TPSA) is 94.3 Å². The van der Waals surface area contributed by atoms with Crippen molar-refractivity contribution in [2.75, 3.05) is 11.9 Å². The molecule has 7 nitrogen and oxygen atoms in total. The normalized spacial score (nSPS) is 16.4. The first-order valence-corrected chi connectivity index (χ1v) is 9.13. The molecule has 7 heteroatoms. The Hall–Kier alpha value is -3.61. The summed E-state index contributed by atoms with van der Waals surface area (Å²) < 4.78 is 0. The molecule has 0 spiro atoms. The van der Waals surface area contributed by atoms with Gasteiger partial charge in [0.05, 0.1) is 12.1 Å². The largest absolute Gasteiger partial charge is 0.361 e. The predicted octanol–water partition coefficient (Wildman–Crippen LogP) is 2.66. The molecule has 0 bridgehead atoms. The number of hydrogen-bond acceptors (Lipinski definition) is 3. The van der Waals surface area contributed by atoms with Crippen molar-refractivity contribution in [3.05, 3.63) is 66.4 Å². The number of anilines is 1. The number of aromatic nitrogens is 1. The summed E-state index contributed by atoms with van der Waals surface area (Å²) in [6, 6.07) is 15.8. The first-order valence-electron chi connectivity index (χ1n) is 9.13. The molecule has 2 aromatic carbocycles. The third kappa shape index (κ3) is 3.59. The maximum atomic E-state index is 12.6. The summed E-state index contributed by atoms with van der Waals surface area (Å²) in [6.07, 6.45) is 2.27. The molecule has 142 valence electrons. The molecule has 0 saturated carbocycles. The average molecular weight is 376 g/mol. The molecule has 1 fully saturated rings. The van der Waals surface area contributed by atoms with E-state index < -0.39 is 12.1 Å². The van der Waals surface area contributed by atoms with Crippen molar-refractivity contribution < 1.29 is 14.4 Å². The fourth-order valence-electron chi connectivity index (χ4n) is 3.39. The molecule has 1 aromatic heterocycles. The zero-order chi connectivity index (χ0) is 19.5. The highest BCUT2D eigenvalue weighted by Crippen LogP contribution is 2.22. The maximum absolute atomic E-state index is 12.6. The molecule has 4 rings (SSSR count). The van der Waals surface area contributed by atoms with Crippen LogP contribution in [0, 0.1) is 0 Å². The molecule has 0 unspecified atom stereocenters. The van der Waals surface area contributed by atoms with Gasteiger partial charge in [-0.3, -0.25) is 14.5 Å². The average Bonchev–Trinajstić information content (AvgIpc) is 3.27. The van der Waals surface area contributed by atoms with Gasteiger partial charge in [0.15, 0.2) is 0 Å². The van der Waals surface area contributed by atoms with Gasteiger partial charge in [-0.1, -0.05) is 36.4 Å². The summed E-state index contributed by atoms with van der Waals surface area (Å²) in [4.78, 5) is 41.4. The van der Waals surface area contributed by atoms with Crippen molar-refractivity contribution in [2.24, 2.45) is 0 Å². The Balaban J connectivity index is 1.37. The molecule has 1 aliphatic heterocycles. The van der Waals surface area contributed by atoms with Crippen LogP contribution < -0.4 is 10.6 Å². The van der Waals surface area contributed by atoms with E-state index in [1.54, 1.807) is 12.3 Å². The number of nitrogens with one attached hydrogen (secondary N) is 3. The van der Waals surface area contributed by atoms with Crippen molar-refractivity contribution in [2.45, 2.75) is 18.9 Å². The molecular weight excluding hydrogens is 356 g/mol. The first kappa shape index (κ1) is 17.8. The van der Waals surface area contributed by atoms with Gasteiger partial charge in [-0.05, 0) is 30.2 Å². The number of hydrogen-bond donors (Lipinski definition) is 3. The first-order chi connectivity index (χ1) is 13.6. The molecule has 0 radical (unpaired) electrons. The van der Waals surface area contributed by atoms with E-state index in [1.165, 1.54) is 4.90 Å². The SMILES string of the molecule is O=C(C[C@H]1NC(=O)N(CCc2ccccc2)C1=O)Nc1cccc2[nH]ccc12. The van der Waals surface area contributed by atoms with Crippen LogP contribution in [0.4, 0.5) is 10.5 Å². The second kappa shape index (κ2) is 7.56. The van der Waals surface area contributed by atoms with Gasteiger partial charge in [0.25, 0.3) is 5.91 Å². The van der Waals surface area contributed by atoms with Crippen molar-refractivity contribution in [1.29, 1.82) is 0 Å². The van der Waals surface area contributed by atoms with E-state index in [9.17, 15) is 14.4 Å². The lowest BCUT2D eigenvalue weighted by atomic mass is 10.1. The summed E-state index contributed by atoms with van der Waals surface area (Å²) in [5.74, 6) is -0.687. The zero-order valence-corrected chi connectivity index (χ0v) is 15.1. The highest BCUT2D eigenvalue weighted by Gasteiger charge is 2.38. The number of H-pyrrole nitrogens is 1. The molecule has 3 aromatic rings. The van der Waals surface area contributed by atoms with Crippen molar-refractivity contribution >= 4 is 34.4 Å². The highest BCUT2D eigenvalue weighted by molar-refractivity contribution is 6.08. The Kier molecular flexibility index (Phi) is 4.80. The second-order valence-corrected chi connectivity index (χ2v) is 6.72. The number of carbonyl (C=O) groups excluding carboxylic acids is 3. The quantitative estimate of drug-likeness (QED) is 0.577. The van der Waals surface area contributed by atoms with Gasteiger partial charge in [0.2, 0.25) is 5.91 Å². The van der Waals surface area contributed by atoms with Crippen LogP contribution in [0.1, 0.15) is 12.0 Å². The van der Waals surface area contributed by atoms with E-state index in [0.717, 1.165) is 16.5 Å². The number of carbonyl (C=O) groups is 3. The number of imide groups is 1. The minimum absolute atomic E-state index is 0.104. The Labute approximate surface area is 161 Å². The van der Waals surface area contributed by atoms with Gasteiger partial charge < -0.3 is 15.6 Å². The summed E-state index contributed by atoms with van der Waals surface area (Å²) in [6.45, 7) is 0.287.